The fourth-order valence-corrected chi connectivity index (χ4v) is 5.09. The molecule has 0 bridgehead atoms. The van der Waals surface area contributed by atoms with Crippen molar-refractivity contribution >= 4 is 35.0 Å². The highest BCUT2D eigenvalue weighted by molar-refractivity contribution is 5.98. The molecule has 3 aromatic carbocycles. The maximum Gasteiger partial charge on any atom is 0.253 e. The summed E-state index contributed by atoms with van der Waals surface area (Å²) in [6.45, 7) is 1.01. The summed E-state index contributed by atoms with van der Waals surface area (Å²) >= 11 is 0. The first-order valence-electron chi connectivity index (χ1n) is 13.8. The zero-order valence-electron chi connectivity index (χ0n) is 22.6. The molecule has 4 amide bonds. The number of anilines is 2. The topological polar surface area (TPSA) is 98.8 Å². The number of nitrogens with one attached hydrogen (secondary N) is 2. The van der Waals surface area contributed by atoms with Gasteiger partial charge in [0.15, 0.2) is 0 Å². The molecule has 1 atom stereocenters. The zero-order valence-corrected chi connectivity index (χ0v) is 22.6. The molecule has 8 nitrogen and oxygen atoms in total. The summed E-state index contributed by atoms with van der Waals surface area (Å²) in [5.74, 6) is -0.762. The van der Waals surface area contributed by atoms with Crippen molar-refractivity contribution < 1.29 is 19.2 Å². The Labute approximate surface area is 234 Å². The van der Waals surface area contributed by atoms with Crippen molar-refractivity contribution in [2.45, 2.75) is 38.1 Å². The number of rotatable bonds is 8. The van der Waals surface area contributed by atoms with Gasteiger partial charge < -0.3 is 20.4 Å². The Morgan fingerprint density at radius 1 is 0.825 bits per heavy atom. The molecular formula is C32H34N4O4. The molecule has 0 aromatic heterocycles. The maximum absolute atomic E-state index is 13.1. The Bertz CT molecular complexity index is 1400. The van der Waals surface area contributed by atoms with Gasteiger partial charge in [-0.3, -0.25) is 19.2 Å². The summed E-state index contributed by atoms with van der Waals surface area (Å²) in [4.78, 5) is 54.9. The number of piperidine rings is 1. The van der Waals surface area contributed by atoms with Gasteiger partial charge in [-0.05, 0) is 73.7 Å². The van der Waals surface area contributed by atoms with Crippen LogP contribution in [0, 0.1) is 5.92 Å². The Kier molecular flexibility index (Phi) is 8.24. The summed E-state index contributed by atoms with van der Waals surface area (Å²) in [5.41, 5.74) is 3.09. The van der Waals surface area contributed by atoms with E-state index in [4.69, 9.17) is 0 Å². The lowest BCUT2D eigenvalue weighted by atomic mass is 9.96. The third-order valence-corrected chi connectivity index (χ3v) is 7.47. The first kappa shape index (κ1) is 27.1. The second-order valence-corrected chi connectivity index (χ2v) is 10.6. The number of hydrogen-bond donors (Lipinski definition) is 2. The monoisotopic (exact) mass is 538 g/mol. The number of likely N-dealkylation sites (tertiary alicyclic amines) is 1. The summed E-state index contributed by atoms with van der Waals surface area (Å²) in [6.07, 6.45) is 3.66. The van der Waals surface area contributed by atoms with Crippen molar-refractivity contribution in [1.29, 1.82) is 0 Å². The molecule has 0 radical (unpaired) electrons. The first-order valence-corrected chi connectivity index (χ1v) is 13.8. The molecule has 206 valence electrons. The summed E-state index contributed by atoms with van der Waals surface area (Å²) < 4.78 is 0. The average molecular weight is 539 g/mol. The molecule has 1 saturated carbocycles. The van der Waals surface area contributed by atoms with Crippen LogP contribution in [0.25, 0.3) is 0 Å². The van der Waals surface area contributed by atoms with E-state index in [0.29, 0.717) is 48.1 Å². The maximum atomic E-state index is 13.1. The van der Waals surface area contributed by atoms with Crippen LogP contribution in [0.15, 0.2) is 78.9 Å². The summed E-state index contributed by atoms with van der Waals surface area (Å²) in [6, 6.07) is 23.6. The number of amides is 4. The molecule has 2 N–H and O–H groups in total. The average Bonchev–Trinajstić information content (AvgIpc) is 3.82. The van der Waals surface area contributed by atoms with Crippen LogP contribution in [0.5, 0.6) is 0 Å². The normalized spacial score (nSPS) is 16.6. The van der Waals surface area contributed by atoms with Crippen LogP contribution < -0.4 is 10.6 Å². The molecule has 5 rings (SSSR count). The third-order valence-electron chi connectivity index (χ3n) is 7.47. The van der Waals surface area contributed by atoms with Crippen LogP contribution in [0.4, 0.5) is 11.4 Å². The van der Waals surface area contributed by atoms with Crippen molar-refractivity contribution in [2.75, 3.05) is 30.8 Å². The number of benzene rings is 3. The van der Waals surface area contributed by atoms with Crippen LogP contribution in [0.3, 0.4) is 0 Å². The van der Waals surface area contributed by atoms with Crippen LogP contribution in [0.1, 0.15) is 52.0 Å². The molecule has 1 aliphatic heterocycles. The Morgan fingerprint density at radius 3 is 2.27 bits per heavy atom. The molecule has 1 unspecified atom stereocenters. The number of hydrogen-bond acceptors (Lipinski definition) is 4. The molecule has 8 heteroatoms. The molecule has 1 heterocycles. The van der Waals surface area contributed by atoms with E-state index in [-0.39, 0.29) is 36.0 Å². The number of nitrogens with zero attached hydrogens (tertiary/aromatic N) is 2. The summed E-state index contributed by atoms with van der Waals surface area (Å²) in [5, 5.41) is 5.84. The lowest BCUT2D eigenvalue weighted by Crippen LogP contribution is -2.43. The van der Waals surface area contributed by atoms with Crippen LogP contribution in [-0.2, 0) is 16.0 Å². The van der Waals surface area contributed by atoms with E-state index < -0.39 is 0 Å². The smallest absolute Gasteiger partial charge is 0.253 e. The van der Waals surface area contributed by atoms with Crippen molar-refractivity contribution in [3.05, 3.63) is 95.6 Å². The third kappa shape index (κ3) is 6.75. The quantitative estimate of drug-likeness (QED) is 0.438. The standard InChI is InChI=1S/C32H34N4O4/c1-35(28-15-16-28)31(39)24-11-6-14-27(20-24)33-29(37)19-22-8-5-13-26(18-22)34-30(38)25-12-7-17-36(21-25)32(40)23-9-3-2-4-10-23/h2-6,8-11,13-14,18,20,25,28H,7,12,15-17,19,21H2,1H3,(H,33,37)(H,34,38). The van der Waals surface area contributed by atoms with Gasteiger partial charge in [0.05, 0.1) is 12.3 Å². The van der Waals surface area contributed by atoms with E-state index in [1.165, 1.54) is 0 Å². The Balaban J connectivity index is 1.16. The van der Waals surface area contributed by atoms with Gasteiger partial charge in [-0.15, -0.1) is 0 Å². The van der Waals surface area contributed by atoms with Crippen molar-refractivity contribution in [1.82, 2.24) is 9.80 Å². The number of carbonyl (C=O) groups excluding carboxylic acids is 4. The summed E-state index contributed by atoms with van der Waals surface area (Å²) in [7, 11) is 1.81. The van der Waals surface area contributed by atoms with Gasteiger partial charge in [-0.25, -0.2) is 0 Å². The Morgan fingerprint density at radius 2 is 1.52 bits per heavy atom. The van der Waals surface area contributed by atoms with E-state index in [1.54, 1.807) is 64.4 Å². The number of carbonyl (C=O) groups is 4. The molecule has 1 saturated heterocycles. The minimum atomic E-state index is -0.303. The van der Waals surface area contributed by atoms with Gasteiger partial charge in [-0.1, -0.05) is 36.4 Å². The van der Waals surface area contributed by atoms with Crippen molar-refractivity contribution in [3.8, 4) is 0 Å². The molecule has 0 spiro atoms. The zero-order chi connectivity index (χ0) is 28.1. The molecule has 2 fully saturated rings. The van der Waals surface area contributed by atoms with Crippen LogP contribution >= 0.6 is 0 Å². The van der Waals surface area contributed by atoms with Gasteiger partial charge in [0.2, 0.25) is 11.8 Å². The van der Waals surface area contributed by atoms with E-state index in [2.05, 4.69) is 10.6 Å². The van der Waals surface area contributed by atoms with Gasteiger partial charge in [0, 0.05) is 48.7 Å². The SMILES string of the molecule is CN(C(=O)c1cccc(NC(=O)Cc2cccc(NC(=O)C3CCCN(C(=O)c4ccccc4)C3)c2)c1)C1CC1. The predicted octanol–water partition coefficient (Wildman–Crippen LogP) is 4.59. The Hall–Kier alpha value is -4.46. The predicted molar refractivity (Wildman–Crippen MR) is 154 cm³/mol. The fourth-order valence-electron chi connectivity index (χ4n) is 5.09. The van der Waals surface area contributed by atoms with E-state index in [0.717, 1.165) is 24.8 Å². The molecule has 40 heavy (non-hydrogen) atoms. The van der Waals surface area contributed by atoms with Gasteiger partial charge in [-0.2, -0.15) is 0 Å². The van der Waals surface area contributed by atoms with E-state index in [1.807, 2.05) is 31.3 Å². The van der Waals surface area contributed by atoms with Crippen molar-refractivity contribution in [3.63, 3.8) is 0 Å². The minimum Gasteiger partial charge on any atom is -0.339 e. The van der Waals surface area contributed by atoms with Crippen LogP contribution in [0.2, 0.25) is 0 Å². The van der Waals surface area contributed by atoms with Crippen LogP contribution in [-0.4, -0.2) is 59.6 Å². The first-order chi connectivity index (χ1) is 19.4. The largest absolute Gasteiger partial charge is 0.339 e. The van der Waals surface area contributed by atoms with E-state index in [9.17, 15) is 19.2 Å². The lowest BCUT2D eigenvalue weighted by Gasteiger charge is -2.32. The molecule has 1 aliphatic carbocycles. The highest BCUT2D eigenvalue weighted by atomic mass is 16.2. The molecule has 3 aromatic rings. The van der Waals surface area contributed by atoms with E-state index >= 15 is 0 Å². The lowest BCUT2D eigenvalue weighted by molar-refractivity contribution is -0.121. The fraction of sp³-hybridized carbons (Fsp3) is 0.312. The molecule has 2 aliphatic rings. The van der Waals surface area contributed by atoms with Gasteiger partial charge in [0.1, 0.15) is 0 Å². The second-order valence-electron chi connectivity index (χ2n) is 10.6. The minimum absolute atomic E-state index is 0.0486. The molecular weight excluding hydrogens is 504 g/mol. The van der Waals surface area contributed by atoms with Gasteiger partial charge >= 0.3 is 0 Å². The van der Waals surface area contributed by atoms with Crippen molar-refractivity contribution in [2.24, 2.45) is 5.92 Å². The highest BCUT2D eigenvalue weighted by Crippen LogP contribution is 2.27. The second kappa shape index (κ2) is 12.2. The van der Waals surface area contributed by atoms with Gasteiger partial charge in [0.25, 0.3) is 11.8 Å². The highest BCUT2D eigenvalue weighted by Gasteiger charge is 2.30.